The highest BCUT2D eigenvalue weighted by molar-refractivity contribution is 7.79. The van der Waals surface area contributed by atoms with Gasteiger partial charge in [-0.3, -0.25) is 0 Å². The van der Waals surface area contributed by atoms with Gasteiger partial charge in [0, 0.05) is 0 Å². The van der Waals surface area contributed by atoms with Crippen LogP contribution in [0.4, 0.5) is 9.59 Å². The van der Waals surface area contributed by atoms with Gasteiger partial charge in [-0.15, -0.1) is 0 Å². The van der Waals surface area contributed by atoms with Gasteiger partial charge in [0.1, 0.15) is 5.60 Å². The molecule has 0 fully saturated rings. The molecule has 0 atom stereocenters. The predicted molar refractivity (Wildman–Crippen MR) is 46.6 cm³/mol. The lowest BCUT2D eigenvalue weighted by molar-refractivity contribution is 0.0451. The Bertz CT molecular complexity index is 199. The zero-order chi connectivity index (χ0) is 9.94. The monoisotopic (exact) mass is 192 g/mol. The Hall–Kier alpha value is -0.910. The molecule has 0 aliphatic carbocycles. The molecule has 0 rings (SSSR count). The second kappa shape index (κ2) is 3.66. The number of amides is 3. The lowest BCUT2D eigenvalue weighted by atomic mass is 10.2. The molecule has 0 aromatic carbocycles. The van der Waals surface area contributed by atoms with Crippen LogP contribution in [0, 0.1) is 0 Å². The molecule has 0 saturated heterocycles. The summed E-state index contributed by atoms with van der Waals surface area (Å²) < 4.78 is 5.18. The number of rotatable bonds is 0. The largest absolute Gasteiger partial charge is 0.443 e. The molecule has 3 amide bonds. The first-order chi connectivity index (χ1) is 5.24. The topological polar surface area (TPSA) is 72.6 Å². The summed E-state index contributed by atoms with van der Waals surface area (Å²) >= 11 is 3.52. The fraction of sp³-hybridized carbons (Fsp3) is 0.667. The molecule has 0 bridgehead atoms. The molecule has 0 aliphatic heterocycles. The normalized spacial score (nSPS) is 10.7. The zero-order valence-electron chi connectivity index (χ0n) is 7.20. The molecule has 0 aromatic heterocycles. The summed E-state index contributed by atoms with van der Waals surface area (Å²) in [5, 5.41) is 0. The van der Waals surface area contributed by atoms with Crippen molar-refractivity contribution in [1.29, 1.82) is 0 Å². The highest BCUT2D eigenvalue weighted by atomic mass is 32.1. The molecular weight excluding hydrogens is 180 g/mol. The number of nitrogens with zero attached hydrogens (tertiary/aromatic N) is 1. The number of nitrogens with two attached hydrogens (primary N) is 1. The maximum Gasteiger partial charge on any atom is 0.428 e. The van der Waals surface area contributed by atoms with Crippen LogP contribution in [0.2, 0.25) is 0 Å². The van der Waals surface area contributed by atoms with E-state index in [9.17, 15) is 9.59 Å². The third-order valence-corrected chi connectivity index (χ3v) is 1.14. The van der Waals surface area contributed by atoms with Gasteiger partial charge in [0.25, 0.3) is 0 Å². The molecule has 0 radical (unpaired) electrons. The molecule has 70 valence electrons. The smallest absolute Gasteiger partial charge is 0.428 e. The van der Waals surface area contributed by atoms with Crippen molar-refractivity contribution in [2.45, 2.75) is 26.4 Å². The highest BCUT2D eigenvalue weighted by Gasteiger charge is 2.22. The summed E-state index contributed by atoms with van der Waals surface area (Å²) in [6.07, 6.45) is -0.877. The van der Waals surface area contributed by atoms with Crippen LogP contribution in [0.3, 0.4) is 0 Å². The van der Waals surface area contributed by atoms with E-state index < -0.39 is 17.7 Å². The Morgan fingerprint density at radius 2 is 1.83 bits per heavy atom. The first-order valence-corrected chi connectivity index (χ1v) is 3.65. The van der Waals surface area contributed by atoms with Gasteiger partial charge in [-0.05, 0) is 20.8 Å². The van der Waals surface area contributed by atoms with E-state index in [1.54, 1.807) is 20.8 Å². The van der Waals surface area contributed by atoms with Crippen molar-refractivity contribution in [1.82, 2.24) is 4.31 Å². The van der Waals surface area contributed by atoms with Crippen molar-refractivity contribution < 1.29 is 14.3 Å². The van der Waals surface area contributed by atoms with Crippen LogP contribution in [0.15, 0.2) is 0 Å². The number of hydrogen-bond acceptors (Lipinski definition) is 4. The minimum Gasteiger partial charge on any atom is -0.443 e. The standard InChI is InChI=1S/C6H12N2O3S/c1-6(2,3)11-5(10)8(12)4(7)9/h12H,1-3H3,(H2,7,9). The Balaban J connectivity index is 4.15. The molecule has 6 heteroatoms. The summed E-state index contributed by atoms with van der Waals surface area (Å²) in [4.78, 5) is 21.3. The molecule has 5 nitrogen and oxygen atoms in total. The molecule has 0 aliphatic rings. The summed E-state index contributed by atoms with van der Waals surface area (Å²) in [7, 11) is 0. The number of thiol groups is 1. The van der Waals surface area contributed by atoms with E-state index in [-0.39, 0.29) is 0 Å². The molecule has 12 heavy (non-hydrogen) atoms. The number of carbonyl (C=O) groups is 2. The first kappa shape index (κ1) is 11.1. The van der Waals surface area contributed by atoms with Gasteiger partial charge < -0.3 is 10.5 Å². The van der Waals surface area contributed by atoms with Crippen LogP contribution in [-0.4, -0.2) is 22.0 Å². The fourth-order valence-corrected chi connectivity index (χ4v) is 0.436. The predicted octanol–water partition coefficient (Wildman–Crippen LogP) is 1.15. The lowest BCUT2D eigenvalue weighted by Crippen LogP contribution is -2.37. The number of imide groups is 1. The second-order valence-corrected chi connectivity index (χ2v) is 3.53. The molecule has 0 spiro atoms. The van der Waals surface area contributed by atoms with Crippen LogP contribution < -0.4 is 5.73 Å². The van der Waals surface area contributed by atoms with E-state index in [0.29, 0.717) is 4.31 Å². The molecular formula is C6H12N2O3S. The Kier molecular flexibility index (Phi) is 3.38. The van der Waals surface area contributed by atoms with Gasteiger partial charge in [0.15, 0.2) is 0 Å². The minimum atomic E-state index is -0.965. The van der Waals surface area contributed by atoms with Crippen molar-refractivity contribution in [2.24, 2.45) is 5.73 Å². The Labute approximate surface area is 76.4 Å². The Morgan fingerprint density at radius 3 is 2.08 bits per heavy atom. The lowest BCUT2D eigenvalue weighted by Gasteiger charge is -2.21. The van der Waals surface area contributed by atoms with Crippen LogP contribution in [0.25, 0.3) is 0 Å². The van der Waals surface area contributed by atoms with Crippen LogP contribution >= 0.6 is 12.8 Å². The fourth-order valence-electron chi connectivity index (χ4n) is 0.395. The maximum atomic E-state index is 10.9. The van der Waals surface area contributed by atoms with Crippen LogP contribution in [-0.2, 0) is 4.74 Å². The van der Waals surface area contributed by atoms with Gasteiger partial charge in [0.2, 0.25) is 0 Å². The molecule has 0 heterocycles. The van der Waals surface area contributed by atoms with Crippen LogP contribution in [0.1, 0.15) is 20.8 Å². The first-order valence-electron chi connectivity index (χ1n) is 3.25. The Morgan fingerprint density at radius 1 is 1.42 bits per heavy atom. The minimum absolute atomic E-state index is 0.408. The van der Waals surface area contributed by atoms with E-state index in [0.717, 1.165) is 0 Å². The van der Waals surface area contributed by atoms with Gasteiger partial charge >= 0.3 is 12.1 Å². The number of hydrogen-bond donors (Lipinski definition) is 2. The van der Waals surface area contributed by atoms with E-state index in [4.69, 9.17) is 10.5 Å². The number of primary amides is 1. The third-order valence-electron chi connectivity index (χ3n) is 0.775. The van der Waals surface area contributed by atoms with E-state index in [2.05, 4.69) is 12.8 Å². The zero-order valence-corrected chi connectivity index (χ0v) is 8.09. The number of ether oxygens (including phenoxy) is 1. The second-order valence-electron chi connectivity index (χ2n) is 3.13. The molecule has 2 N–H and O–H groups in total. The summed E-state index contributed by atoms with van der Waals surface area (Å²) in [5.74, 6) is 0. The van der Waals surface area contributed by atoms with Crippen molar-refractivity contribution in [3.05, 3.63) is 0 Å². The van der Waals surface area contributed by atoms with Crippen molar-refractivity contribution in [3.8, 4) is 0 Å². The maximum absolute atomic E-state index is 10.9. The van der Waals surface area contributed by atoms with Gasteiger partial charge in [-0.25, -0.2) is 9.59 Å². The quantitative estimate of drug-likeness (QED) is 0.565. The molecule has 0 aromatic rings. The van der Waals surface area contributed by atoms with Gasteiger partial charge in [-0.1, -0.05) is 12.8 Å². The number of carbonyl (C=O) groups excluding carboxylic acids is 2. The van der Waals surface area contributed by atoms with Crippen molar-refractivity contribution in [3.63, 3.8) is 0 Å². The summed E-state index contributed by atoms with van der Waals surface area (Å²) in [5.41, 5.74) is 4.11. The van der Waals surface area contributed by atoms with E-state index in [1.165, 1.54) is 0 Å². The van der Waals surface area contributed by atoms with E-state index in [1.807, 2.05) is 0 Å². The molecule has 0 unspecified atom stereocenters. The van der Waals surface area contributed by atoms with Crippen molar-refractivity contribution in [2.75, 3.05) is 0 Å². The van der Waals surface area contributed by atoms with Gasteiger partial charge in [0.05, 0.1) is 0 Å². The van der Waals surface area contributed by atoms with Gasteiger partial charge in [-0.2, -0.15) is 4.31 Å². The van der Waals surface area contributed by atoms with Crippen molar-refractivity contribution >= 4 is 24.9 Å². The SMILES string of the molecule is CC(C)(C)OC(=O)N(S)C(N)=O. The summed E-state index contributed by atoms with van der Waals surface area (Å²) in [6.45, 7) is 5.02. The average Bonchev–Trinajstić information content (AvgIpc) is 1.82. The average molecular weight is 192 g/mol. The number of urea groups is 1. The van der Waals surface area contributed by atoms with Crippen LogP contribution in [0.5, 0.6) is 0 Å². The highest BCUT2D eigenvalue weighted by Crippen LogP contribution is 2.10. The third kappa shape index (κ3) is 4.07. The molecule has 0 saturated carbocycles. The summed E-state index contributed by atoms with van der Waals surface area (Å²) in [6, 6.07) is -0.965. The van der Waals surface area contributed by atoms with E-state index >= 15 is 0 Å².